The second kappa shape index (κ2) is 9.08. The fourth-order valence-corrected chi connectivity index (χ4v) is 5.66. The minimum Gasteiger partial charge on any atom is -0.491 e. The molecule has 1 N–H and O–H groups in total. The molecular weight excluding hydrogens is 518 g/mol. The Balaban J connectivity index is 1.16. The molecule has 0 radical (unpaired) electrons. The zero-order chi connectivity index (χ0) is 27.4. The summed E-state index contributed by atoms with van der Waals surface area (Å²) in [7, 11) is 0. The first kappa shape index (κ1) is 24.1. The number of para-hydroxylation sites is 1. The summed E-state index contributed by atoms with van der Waals surface area (Å²) in [5.41, 5.74) is 2.59. The van der Waals surface area contributed by atoms with E-state index >= 15 is 0 Å². The van der Waals surface area contributed by atoms with Crippen LogP contribution in [-0.4, -0.2) is 25.2 Å². The number of hydrogen-bond donors (Lipinski definition) is 1. The van der Waals surface area contributed by atoms with Crippen molar-refractivity contribution in [3.63, 3.8) is 0 Å². The lowest BCUT2D eigenvalue weighted by atomic mass is 9.77. The van der Waals surface area contributed by atoms with Gasteiger partial charge in [-0.05, 0) is 41.5 Å². The Kier molecular flexibility index (Phi) is 5.48. The second-order valence-electron chi connectivity index (χ2n) is 9.92. The van der Waals surface area contributed by atoms with E-state index < -0.39 is 23.0 Å². The number of hydrogen-bond acceptors (Lipinski definition) is 5. The van der Waals surface area contributed by atoms with Gasteiger partial charge in [0.1, 0.15) is 29.4 Å². The molecule has 3 aliphatic rings. The first-order valence-corrected chi connectivity index (χ1v) is 12.7. The van der Waals surface area contributed by atoms with E-state index in [1.165, 1.54) is 6.07 Å². The van der Waals surface area contributed by atoms with Crippen LogP contribution in [0, 0.1) is 11.6 Å². The lowest BCUT2D eigenvalue weighted by Crippen LogP contribution is -2.42. The van der Waals surface area contributed by atoms with E-state index in [2.05, 4.69) is 5.32 Å². The fraction of sp³-hybridized carbons (Fsp3) is 0.161. The molecule has 9 heteroatoms. The number of benzene rings is 4. The maximum Gasteiger partial charge on any atom is 0.251 e. The topological polar surface area (TPSA) is 77.1 Å². The molecule has 2 amide bonds. The number of anilines is 1. The Bertz CT molecular complexity index is 1710. The quantitative estimate of drug-likeness (QED) is 0.392. The van der Waals surface area contributed by atoms with Crippen molar-refractivity contribution in [1.29, 1.82) is 0 Å². The highest BCUT2D eigenvalue weighted by atomic mass is 19.1. The summed E-state index contributed by atoms with van der Waals surface area (Å²) in [6, 6.07) is 21.4. The molecule has 4 aromatic rings. The van der Waals surface area contributed by atoms with Gasteiger partial charge in [-0.3, -0.25) is 9.59 Å². The van der Waals surface area contributed by atoms with Crippen LogP contribution in [0.2, 0.25) is 0 Å². The molecule has 1 spiro atoms. The average molecular weight is 541 g/mol. The molecule has 1 unspecified atom stereocenters. The maximum absolute atomic E-state index is 14.2. The molecule has 3 heterocycles. The number of nitrogens with one attached hydrogen (secondary N) is 1. The predicted molar refractivity (Wildman–Crippen MR) is 140 cm³/mol. The summed E-state index contributed by atoms with van der Waals surface area (Å²) >= 11 is 0. The first-order valence-electron chi connectivity index (χ1n) is 12.7. The van der Waals surface area contributed by atoms with Crippen molar-refractivity contribution in [2.24, 2.45) is 0 Å². The van der Waals surface area contributed by atoms with E-state index in [1.807, 2.05) is 36.4 Å². The lowest BCUT2D eigenvalue weighted by Gasteiger charge is -2.23. The minimum atomic E-state index is -1.03. The number of fused-ring (bicyclic) bond motifs is 5. The molecule has 7 rings (SSSR count). The third-order valence-corrected chi connectivity index (χ3v) is 7.63. The summed E-state index contributed by atoms with van der Waals surface area (Å²) in [6.45, 7) is 0.406. The molecule has 0 aromatic heterocycles. The highest BCUT2D eigenvalue weighted by Crippen LogP contribution is 2.55. The van der Waals surface area contributed by atoms with Crippen molar-refractivity contribution in [1.82, 2.24) is 5.32 Å². The van der Waals surface area contributed by atoms with E-state index in [-0.39, 0.29) is 38.0 Å². The predicted octanol–water partition coefficient (Wildman–Crippen LogP) is 4.85. The highest BCUT2D eigenvalue weighted by molar-refractivity contribution is 6.11. The monoisotopic (exact) mass is 540 g/mol. The third kappa shape index (κ3) is 3.69. The Morgan fingerprint density at radius 1 is 0.875 bits per heavy atom. The number of carbonyl (C=O) groups is 2. The van der Waals surface area contributed by atoms with Crippen molar-refractivity contribution in [3.8, 4) is 17.2 Å². The Labute approximate surface area is 227 Å². The highest BCUT2D eigenvalue weighted by Gasteiger charge is 2.57. The molecule has 0 saturated carbocycles. The van der Waals surface area contributed by atoms with Crippen LogP contribution in [0.4, 0.5) is 14.5 Å². The zero-order valence-electron chi connectivity index (χ0n) is 21.1. The minimum absolute atomic E-state index is 0.0897. The Morgan fingerprint density at radius 2 is 1.70 bits per heavy atom. The molecule has 0 bridgehead atoms. The van der Waals surface area contributed by atoms with E-state index in [0.29, 0.717) is 22.8 Å². The summed E-state index contributed by atoms with van der Waals surface area (Å²) < 4.78 is 44.3. The lowest BCUT2D eigenvalue weighted by molar-refractivity contribution is -0.122. The van der Waals surface area contributed by atoms with Crippen LogP contribution in [-0.2, 0) is 23.3 Å². The average Bonchev–Trinajstić information content (AvgIpc) is 3.64. The van der Waals surface area contributed by atoms with Gasteiger partial charge < -0.3 is 24.4 Å². The van der Waals surface area contributed by atoms with Crippen LogP contribution < -0.4 is 24.4 Å². The number of carbonyl (C=O) groups excluding carboxylic acids is 2. The van der Waals surface area contributed by atoms with Gasteiger partial charge in [-0.2, -0.15) is 0 Å². The van der Waals surface area contributed by atoms with Gasteiger partial charge in [-0.15, -0.1) is 0 Å². The largest absolute Gasteiger partial charge is 0.491 e. The van der Waals surface area contributed by atoms with Crippen molar-refractivity contribution in [2.75, 3.05) is 18.3 Å². The van der Waals surface area contributed by atoms with Gasteiger partial charge in [0.15, 0.2) is 11.5 Å². The number of nitrogens with zero attached hydrogens (tertiary/aromatic N) is 1. The Hall–Kier alpha value is -4.92. The van der Waals surface area contributed by atoms with Gasteiger partial charge in [0.25, 0.3) is 5.91 Å². The molecule has 200 valence electrons. The molecule has 3 aliphatic heterocycles. The molecule has 0 aliphatic carbocycles. The van der Waals surface area contributed by atoms with Gasteiger partial charge >= 0.3 is 0 Å². The summed E-state index contributed by atoms with van der Waals surface area (Å²) in [4.78, 5) is 28.8. The van der Waals surface area contributed by atoms with Crippen LogP contribution in [0.15, 0.2) is 78.9 Å². The standard InChI is InChI=1S/C31H22F2N2O5/c32-21-9-8-20(24(33)11-21)14-34-29(36)19-5-3-4-18(10-19)15-35-25-7-2-1-6-22(25)31(30(35)37)16-38-26-13-28-27(12-23(26)31)39-17-40-28/h1-13H,14-17H2,(H,34,36). The van der Waals surface area contributed by atoms with Gasteiger partial charge in [-0.1, -0.05) is 36.4 Å². The van der Waals surface area contributed by atoms with Gasteiger partial charge in [0.05, 0.1) is 6.54 Å². The zero-order valence-corrected chi connectivity index (χ0v) is 21.1. The fourth-order valence-electron chi connectivity index (χ4n) is 5.66. The molecule has 4 aromatic carbocycles. The maximum atomic E-state index is 14.2. The van der Waals surface area contributed by atoms with Crippen LogP contribution >= 0.6 is 0 Å². The van der Waals surface area contributed by atoms with Crippen molar-refractivity contribution in [3.05, 3.63) is 118 Å². The van der Waals surface area contributed by atoms with Gasteiger partial charge in [0.2, 0.25) is 12.7 Å². The van der Waals surface area contributed by atoms with E-state index in [9.17, 15) is 18.4 Å². The Morgan fingerprint density at radius 3 is 2.55 bits per heavy atom. The number of ether oxygens (including phenoxy) is 3. The van der Waals surface area contributed by atoms with E-state index in [1.54, 1.807) is 29.2 Å². The van der Waals surface area contributed by atoms with E-state index in [0.717, 1.165) is 34.5 Å². The molecule has 0 fully saturated rings. The van der Waals surface area contributed by atoms with Crippen LogP contribution in [0.25, 0.3) is 0 Å². The number of rotatable bonds is 5. The van der Waals surface area contributed by atoms with Crippen molar-refractivity contribution in [2.45, 2.75) is 18.5 Å². The molecule has 40 heavy (non-hydrogen) atoms. The molecule has 1 atom stereocenters. The second-order valence-corrected chi connectivity index (χ2v) is 9.92. The van der Waals surface area contributed by atoms with Crippen molar-refractivity contribution >= 4 is 17.5 Å². The number of amides is 2. The summed E-state index contributed by atoms with van der Waals surface area (Å²) in [6.07, 6.45) is 0. The SMILES string of the molecule is O=C(NCc1ccc(F)cc1F)c1cccc(CN2C(=O)C3(COc4cc5c(cc43)OCO5)c3ccccc32)c1. The van der Waals surface area contributed by atoms with Gasteiger partial charge in [-0.25, -0.2) is 8.78 Å². The molecule has 7 nitrogen and oxygen atoms in total. The smallest absolute Gasteiger partial charge is 0.251 e. The van der Waals surface area contributed by atoms with Crippen LogP contribution in [0.5, 0.6) is 17.2 Å². The van der Waals surface area contributed by atoms with E-state index in [4.69, 9.17) is 14.2 Å². The van der Waals surface area contributed by atoms with Crippen molar-refractivity contribution < 1.29 is 32.6 Å². The van der Waals surface area contributed by atoms with Crippen LogP contribution in [0.1, 0.15) is 32.6 Å². The first-order chi connectivity index (χ1) is 19.4. The molecular formula is C31H22F2N2O5. The third-order valence-electron chi connectivity index (χ3n) is 7.63. The number of halogens is 2. The summed E-state index contributed by atoms with van der Waals surface area (Å²) in [5, 5.41) is 2.67. The molecule has 0 saturated heterocycles. The van der Waals surface area contributed by atoms with Gasteiger partial charge in [0, 0.05) is 41.1 Å². The normalized spacial score (nSPS) is 18.1. The summed E-state index contributed by atoms with van der Waals surface area (Å²) in [5.74, 6) is -0.201. The van der Waals surface area contributed by atoms with Crippen LogP contribution in [0.3, 0.4) is 0 Å².